The molecule has 17 heteroatoms. The molecule has 0 unspecified atom stereocenters. The standard InChI is InChI=1S/C22H16N2O5.C22H18N2O3.C15H11NO4/c25-22(26)15-3-1-2-14(9-15)21-24-17-6-5-16(10-19(17)29-21)23-11-13-4-7-18-20(8-13)28-12-27-18;1-24(14-15-6-3-2-4-7-15)18-10-11-19-20(13-18)27-21(23-19)16-8-5-9-17(12-16)22(25)26;1-19-11-4-2-3-9(7-11)14-16-12-8-10(15(17)18)5-6-13(12)20-14/h1-10,23H,11-12H2,(H,25,26);2-13H,14H2,1H3,(H,25,26);2-8H,1H3,(H,17,18). The summed E-state index contributed by atoms with van der Waals surface area (Å²) in [6.45, 7) is 1.66. The second-order valence-corrected chi connectivity index (χ2v) is 17.3. The monoisotopic (exact) mass is 1020 g/mol. The average Bonchev–Trinajstić information content (AvgIpc) is 4.30. The number of oxazole rings is 3. The first kappa shape index (κ1) is 49.2. The third kappa shape index (κ3) is 11.3. The van der Waals surface area contributed by atoms with Crippen LogP contribution in [0.5, 0.6) is 17.2 Å². The number of carbonyl (C=O) groups is 3. The number of benzene rings is 8. The number of carboxylic acids is 3. The van der Waals surface area contributed by atoms with E-state index in [0.29, 0.717) is 68.9 Å². The number of aromatic carboxylic acids is 3. The molecule has 8 aromatic carbocycles. The number of ether oxygens (including phenoxy) is 3. The molecule has 76 heavy (non-hydrogen) atoms. The fraction of sp³-hybridized carbons (Fsp3) is 0.0847. The number of hydrogen-bond donors (Lipinski definition) is 4. The second-order valence-electron chi connectivity index (χ2n) is 17.3. The lowest BCUT2D eigenvalue weighted by Crippen LogP contribution is -2.15. The van der Waals surface area contributed by atoms with Crippen molar-refractivity contribution in [3.8, 4) is 51.6 Å². The van der Waals surface area contributed by atoms with Crippen molar-refractivity contribution in [3.63, 3.8) is 0 Å². The Morgan fingerprint density at radius 2 is 1.11 bits per heavy atom. The van der Waals surface area contributed by atoms with Gasteiger partial charge in [-0.25, -0.2) is 29.3 Å². The highest BCUT2D eigenvalue weighted by Crippen LogP contribution is 2.34. The summed E-state index contributed by atoms with van der Waals surface area (Å²) in [5.41, 5.74) is 10.6. The first-order valence-corrected chi connectivity index (χ1v) is 23.6. The van der Waals surface area contributed by atoms with Gasteiger partial charge in [0.25, 0.3) is 0 Å². The molecule has 12 rings (SSSR count). The molecule has 4 N–H and O–H groups in total. The van der Waals surface area contributed by atoms with Gasteiger partial charge >= 0.3 is 17.9 Å². The fourth-order valence-electron chi connectivity index (χ4n) is 8.15. The zero-order valence-corrected chi connectivity index (χ0v) is 40.7. The quantitative estimate of drug-likeness (QED) is 0.0840. The van der Waals surface area contributed by atoms with Crippen LogP contribution in [0.25, 0.3) is 67.7 Å². The van der Waals surface area contributed by atoms with Crippen LogP contribution in [0.1, 0.15) is 42.2 Å². The van der Waals surface area contributed by atoms with E-state index in [4.69, 9.17) is 42.8 Å². The molecule has 0 saturated heterocycles. The van der Waals surface area contributed by atoms with Crippen molar-refractivity contribution in [2.24, 2.45) is 0 Å². The number of carboxylic acid groups (broad SMARTS) is 3. The minimum atomic E-state index is -0.988. The van der Waals surface area contributed by atoms with E-state index in [1.165, 1.54) is 23.8 Å². The lowest BCUT2D eigenvalue weighted by Gasteiger charge is -2.19. The largest absolute Gasteiger partial charge is 0.497 e. The topological polar surface area (TPSA) is 233 Å². The normalized spacial score (nSPS) is 11.3. The van der Waals surface area contributed by atoms with E-state index in [1.54, 1.807) is 55.6 Å². The van der Waals surface area contributed by atoms with Gasteiger partial charge in [0, 0.05) is 60.3 Å². The Morgan fingerprint density at radius 3 is 1.76 bits per heavy atom. The van der Waals surface area contributed by atoms with Crippen LogP contribution in [-0.2, 0) is 13.1 Å². The highest BCUT2D eigenvalue weighted by atomic mass is 16.7. The van der Waals surface area contributed by atoms with Gasteiger partial charge in [0.15, 0.2) is 28.2 Å². The van der Waals surface area contributed by atoms with E-state index in [2.05, 4.69) is 37.3 Å². The molecular weight excluding hydrogens is 971 g/mol. The summed E-state index contributed by atoms with van der Waals surface area (Å²) < 4.78 is 33.3. The Kier molecular flexibility index (Phi) is 14.1. The van der Waals surface area contributed by atoms with Crippen molar-refractivity contribution < 1.29 is 57.2 Å². The molecule has 17 nitrogen and oxygen atoms in total. The minimum Gasteiger partial charge on any atom is -0.497 e. The van der Waals surface area contributed by atoms with Gasteiger partial charge in [-0.05, 0) is 120 Å². The molecule has 0 amide bonds. The van der Waals surface area contributed by atoms with Crippen molar-refractivity contribution in [2.45, 2.75) is 13.1 Å². The lowest BCUT2D eigenvalue weighted by molar-refractivity contribution is 0.0686. The summed E-state index contributed by atoms with van der Waals surface area (Å²) in [7, 11) is 3.62. The van der Waals surface area contributed by atoms with Gasteiger partial charge in [-0.1, -0.05) is 54.6 Å². The molecular formula is C59H45N5O12. The van der Waals surface area contributed by atoms with Gasteiger partial charge in [0.1, 0.15) is 22.3 Å². The predicted octanol–water partition coefficient (Wildman–Crippen LogP) is 12.6. The summed E-state index contributed by atoms with van der Waals surface area (Å²) in [5, 5.41) is 30.6. The zero-order chi connectivity index (χ0) is 52.7. The second kappa shape index (κ2) is 21.7. The summed E-state index contributed by atoms with van der Waals surface area (Å²) in [6.07, 6.45) is 0. The van der Waals surface area contributed by atoms with Gasteiger partial charge in [0.05, 0.1) is 23.8 Å². The predicted molar refractivity (Wildman–Crippen MR) is 284 cm³/mol. The fourth-order valence-corrected chi connectivity index (χ4v) is 8.15. The van der Waals surface area contributed by atoms with Crippen LogP contribution in [0.15, 0.2) is 189 Å². The minimum absolute atomic E-state index is 0.183. The summed E-state index contributed by atoms with van der Waals surface area (Å²) >= 11 is 0. The number of hydrogen-bond acceptors (Lipinski definition) is 14. The maximum atomic E-state index is 11.2. The van der Waals surface area contributed by atoms with E-state index in [0.717, 1.165) is 46.1 Å². The van der Waals surface area contributed by atoms with Crippen LogP contribution < -0.4 is 24.4 Å². The first-order valence-electron chi connectivity index (χ1n) is 23.6. The molecule has 11 aromatic rings. The summed E-state index contributed by atoms with van der Waals surface area (Å²) in [5.74, 6) is 0.498. The van der Waals surface area contributed by atoms with Crippen molar-refractivity contribution in [1.82, 2.24) is 15.0 Å². The highest BCUT2D eigenvalue weighted by molar-refractivity contribution is 5.93. The van der Waals surface area contributed by atoms with Crippen molar-refractivity contribution in [1.29, 1.82) is 0 Å². The number of rotatable bonds is 13. The van der Waals surface area contributed by atoms with Crippen LogP contribution in [0.4, 0.5) is 11.4 Å². The smallest absolute Gasteiger partial charge is 0.335 e. The van der Waals surface area contributed by atoms with E-state index in [1.807, 2.05) is 104 Å². The number of aromatic nitrogens is 3. The van der Waals surface area contributed by atoms with Gasteiger partial charge in [-0.15, -0.1) is 0 Å². The molecule has 0 fully saturated rings. The van der Waals surface area contributed by atoms with E-state index in [-0.39, 0.29) is 23.5 Å². The molecule has 378 valence electrons. The Balaban J connectivity index is 0.000000132. The van der Waals surface area contributed by atoms with E-state index in [9.17, 15) is 14.4 Å². The molecule has 0 bridgehead atoms. The van der Waals surface area contributed by atoms with Crippen LogP contribution >= 0.6 is 0 Å². The Morgan fingerprint density at radius 1 is 0.526 bits per heavy atom. The maximum Gasteiger partial charge on any atom is 0.335 e. The number of fused-ring (bicyclic) bond motifs is 4. The highest BCUT2D eigenvalue weighted by Gasteiger charge is 2.17. The molecule has 0 aliphatic carbocycles. The molecule has 0 spiro atoms. The Hall–Kier alpha value is -10.4. The number of methoxy groups -OCH3 is 1. The van der Waals surface area contributed by atoms with Gasteiger partial charge < -0.3 is 53.0 Å². The molecule has 0 atom stereocenters. The number of anilines is 2. The van der Waals surface area contributed by atoms with Crippen molar-refractivity contribution in [2.75, 3.05) is 31.2 Å². The molecule has 1 aliphatic rings. The summed E-state index contributed by atoms with van der Waals surface area (Å²) in [6, 6.07) is 52.7. The van der Waals surface area contributed by atoms with Crippen LogP contribution in [0.2, 0.25) is 0 Å². The van der Waals surface area contributed by atoms with Gasteiger partial charge in [0.2, 0.25) is 24.5 Å². The number of nitrogens with zero attached hydrogens (tertiary/aromatic N) is 4. The first-order chi connectivity index (χ1) is 36.9. The third-order valence-corrected chi connectivity index (χ3v) is 12.1. The van der Waals surface area contributed by atoms with E-state index < -0.39 is 17.9 Å². The third-order valence-electron chi connectivity index (χ3n) is 12.1. The molecule has 0 radical (unpaired) electrons. The SMILES string of the molecule is CN(Cc1ccccc1)c1ccc2nc(-c3cccc(C(=O)O)c3)oc2c1.COc1cccc(-c2nc3cc(C(=O)O)ccc3o2)c1.O=C(O)c1cccc(-c2nc3ccc(NCc4ccc5c(c4)OCO5)cc3o2)c1. The average molecular weight is 1020 g/mol. The van der Waals surface area contributed by atoms with Gasteiger partial charge in [-0.2, -0.15) is 0 Å². The Labute approximate surface area is 432 Å². The van der Waals surface area contributed by atoms with Crippen molar-refractivity contribution >= 4 is 62.6 Å². The summed E-state index contributed by atoms with van der Waals surface area (Å²) in [4.78, 5) is 48.7. The zero-order valence-electron chi connectivity index (χ0n) is 40.7. The molecule has 4 heterocycles. The molecule has 0 saturated carbocycles. The van der Waals surface area contributed by atoms with Crippen LogP contribution in [0, 0.1) is 0 Å². The van der Waals surface area contributed by atoms with E-state index >= 15 is 0 Å². The van der Waals surface area contributed by atoms with Crippen molar-refractivity contribution in [3.05, 3.63) is 204 Å². The lowest BCUT2D eigenvalue weighted by atomic mass is 10.1. The van der Waals surface area contributed by atoms with Crippen LogP contribution in [0.3, 0.4) is 0 Å². The maximum absolute atomic E-state index is 11.2. The molecule has 1 aliphatic heterocycles. The number of nitrogens with one attached hydrogen (secondary N) is 1. The van der Waals surface area contributed by atoms with Crippen LogP contribution in [-0.4, -0.2) is 69.1 Å². The Bertz CT molecular complexity index is 3920. The van der Waals surface area contributed by atoms with Gasteiger partial charge in [-0.3, -0.25) is 0 Å². The molecule has 3 aromatic heterocycles.